The number of rotatable bonds is 5. The first-order chi connectivity index (χ1) is 28.9. The number of benzene rings is 7. The highest BCUT2D eigenvalue weighted by atomic mass is 32.1. The van der Waals surface area contributed by atoms with Gasteiger partial charge in [0.05, 0.1) is 35.1 Å². The lowest BCUT2D eigenvalue weighted by Crippen LogP contribution is -1.99. The number of thiophene rings is 1. The van der Waals surface area contributed by atoms with Crippen molar-refractivity contribution in [3.05, 3.63) is 170 Å². The molecule has 5 heteroatoms. The molecule has 3 aromatic heterocycles. The Morgan fingerprint density at radius 3 is 1.80 bits per heavy atom. The van der Waals surface area contributed by atoms with Crippen LogP contribution >= 0.6 is 11.3 Å². The van der Waals surface area contributed by atoms with Gasteiger partial charge in [0.2, 0.25) is 0 Å². The van der Waals surface area contributed by atoms with E-state index in [2.05, 4.69) is 80.2 Å². The number of nitrogens with zero attached hydrogens (tertiary/aromatic N) is 4. The van der Waals surface area contributed by atoms with Crippen LogP contribution < -0.4 is 0 Å². The molecule has 10 aromatic rings. The van der Waals surface area contributed by atoms with Gasteiger partial charge < -0.3 is 4.57 Å². The molecule has 0 atom stereocenters. The topological polar surface area (TPSA) is 43.6 Å². The van der Waals surface area contributed by atoms with E-state index in [4.69, 9.17) is 13.7 Å². The van der Waals surface area contributed by atoms with Gasteiger partial charge in [0, 0.05) is 42.9 Å². The zero-order chi connectivity index (χ0) is 41.7. The Morgan fingerprint density at radius 1 is 0.440 bits per heavy atom. The predicted molar refractivity (Wildman–Crippen MR) is 209 cm³/mol. The van der Waals surface area contributed by atoms with Crippen molar-refractivity contribution in [2.75, 3.05) is 0 Å². The lowest BCUT2D eigenvalue weighted by atomic mass is 10.0. The van der Waals surface area contributed by atoms with Crippen molar-refractivity contribution in [1.82, 2.24) is 19.5 Å². The standard InChI is InChI=1S/C45H28N4S/c1-4-13-29(14-5-1)32-24-26-39-37(27-32)34-19-10-11-21-38(34)49(39)40-22-12-20-36-35-25-23-33(28-41(35)50-42(36)40)45-47-43(30-15-6-2-7-16-30)46-44(48-45)31-17-8-3-9-18-31/h1-28H/i2D,3D,6D,7D,8D,9D,15D,16D,17D,18D. The fourth-order valence-corrected chi connectivity index (χ4v) is 7.84. The summed E-state index contributed by atoms with van der Waals surface area (Å²) in [5.41, 5.74) is 5.24. The van der Waals surface area contributed by atoms with Gasteiger partial charge >= 0.3 is 0 Å². The van der Waals surface area contributed by atoms with E-state index in [0.29, 0.717) is 5.56 Å². The van der Waals surface area contributed by atoms with Gasteiger partial charge in [0.1, 0.15) is 0 Å². The lowest BCUT2D eigenvalue weighted by Gasteiger charge is -2.10. The summed E-state index contributed by atoms with van der Waals surface area (Å²) in [7, 11) is 0. The van der Waals surface area contributed by atoms with Crippen molar-refractivity contribution in [3.63, 3.8) is 0 Å². The molecule has 234 valence electrons. The normalized spacial score (nSPS) is 14.4. The highest BCUT2D eigenvalue weighted by Crippen LogP contribution is 2.42. The number of aromatic nitrogens is 4. The Kier molecular flexibility index (Phi) is 4.69. The predicted octanol–water partition coefficient (Wildman–Crippen LogP) is 12.0. The summed E-state index contributed by atoms with van der Waals surface area (Å²) < 4.78 is 88.4. The molecule has 50 heavy (non-hydrogen) atoms. The second-order valence-electron chi connectivity index (χ2n) is 11.7. The highest BCUT2D eigenvalue weighted by molar-refractivity contribution is 7.26. The maximum atomic E-state index is 8.67. The maximum absolute atomic E-state index is 8.67. The van der Waals surface area contributed by atoms with E-state index in [-0.39, 0.29) is 28.6 Å². The van der Waals surface area contributed by atoms with Crippen LogP contribution in [0.2, 0.25) is 0 Å². The summed E-state index contributed by atoms with van der Waals surface area (Å²) in [6.45, 7) is 0. The summed E-state index contributed by atoms with van der Waals surface area (Å²) in [6.07, 6.45) is 0. The smallest absolute Gasteiger partial charge is 0.164 e. The van der Waals surface area contributed by atoms with Gasteiger partial charge in [-0.15, -0.1) is 11.3 Å². The molecule has 0 radical (unpaired) electrons. The fourth-order valence-electron chi connectivity index (χ4n) is 6.59. The Labute approximate surface area is 306 Å². The van der Waals surface area contributed by atoms with Crippen molar-refractivity contribution in [2.24, 2.45) is 0 Å². The molecule has 0 spiro atoms. The molecule has 0 aliphatic carbocycles. The van der Waals surface area contributed by atoms with Crippen LogP contribution in [0.5, 0.6) is 0 Å². The molecule has 0 aliphatic heterocycles. The summed E-state index contributed by atoms with van der Waals surface area (Å²) in [4.78, 5) is 13.7. The number of para-hydroxylation sites is 1. The SMILES string of the molecule is [2H]c1c([2H])c([2H])c(-c2nc(-c3ccc4c(c3)sc3c(-n5c6ccccc6c6cc(-c7ccccc7)ccc65)cccc34)nc(-c3c([2H])c([2H])c([2H])c([2H])c3[2H])n2)c([2H])c1[2H]. The summed E-state index contributed by atoms with van der Waals surface area (Å²) >= 11 is 1.58. The van der Waals surface area contributed by atoms with E-state index in [1.54, 1.807) is 17.4 Å². The Hall–Kier alpha value is -6.43. The molecule has 4 nitrogen and oxygen atoms in total. The minimum Gasteiger partial charge on any atom is -0.308 e. The zero-order valence-corrected chi connectivity index (χ0v) is 26.9. The summed E-state index contributed by atoms with van der Waals surface area (Å²) in [5, 5.41) is 4.26. The van der Waals surface area contributed by atoms with Gasteiger partial charge in [-0.3, -0.25) is 0 Å². The zero-order valence-electron chi connectivity index (χ0n) is 36.1. The molecule has 0 N–H and O–H groups in total. The minimum atomic E-state index is -0.597. The van der Waals surface area contributed by atoms with Gasteiger partial charge in [-0.1, -0.05) is 139 Å². The number of fused-ring (bicyclic) bond motifs is 6. The molecular weight excluding hydrogens is 629 g/mol. The van der Waals surface area contributed by atoms with Crippen molar-refractivity contribution in [1.29, 1.82) is 0 Å². The van der Waals surface area contributed by atoms with E-state index < -0.39 is 60.4 Å². The van der Waals surface area contributed by atoms with Crippen LogP contribution in [0.3, 0.4) is 0 Å². The Morgan fingerprint density at radius 2 is 1.06 bits per heavy atom. The van der Waals surface area contributed by atoms with Crippen LogP contribution in [0, 0.1) is 0 Å². The van der Waals surface area contributed by atoms with Crippen molar-refractivity contribution < 1.29 is 13.7 Å². The molecule has 0 unspecified atom stereocenters. The minimum absolute atomic E-state index is 0.0184. The molecule has 0 aliphatic rings. The van der Waals surface area contributed by atoms with Crippen molar-refractivity contribution in [3.8, 4) is 51.0 Å². The van der Waals surface area contributed by atoms with Crippen LogP contribution in [0.25, 0.3) is 93.0 Å². The number of hydrogen-bond acceptors (Lipinski definition) is 4. The first kappa shape index (κ1) is 20.2. The first-order valence-corrected chi connectivity index (χ1v) is 16.7. The molecule has 7 aromatic carbocycles. The molecule has 0 fully saturated rings. The first-order valence-electron chi connectivity index (χ1n) is 20.9. The third-order valence-corrected chi connectivity index (χ3v) is 10.0. The van der Waals surface area contributed by atoms with Gasteiger partial charge in [-0.25, -0.2) is 15.0 Å². The Balaban J connectivity index is 1.19. The largest absolute Gasteiger partial charge is 0.308 e. The van der Waals surface area contributed by atoms with E-state index in [1.165, 1.54) is 0 Å². The van der Waals surface area contributed by atoms with Gasteiger partial charge in [0.15, 0.2) is 17.5 Å². The molecule has 0 saturated heterocycles. The van der Waals surface area contributed by atoms with Crippen LogP contribution in [-0.2, 0) is 0 Å². The third-order valence-electron chi connectivity index (χ3n) is 8.84. The van der Waals surface area contributed by atoms with Gasteiger partial charge in [0.25, 0.3) is 0 Å². The fraction of sp³-hybridized carbons (Fsp3) is 0. The van der Waals surface area contributed by atoms with Gasteiger partial charge in [-0.2, -0.15) is 0 Å². The van der Waals surface area contributed by atoms with Crippen molar-refractivity contribution >= 4 is 53.3 Å². The third kappa shape index (κ3) is 4.71. The molecular formula is C45H28N4S. The average Bonchev–Trinajstić information content (AvgIpc) is 3.82. The Bertz CT molecular complexity index is 3310. The highest BCUT2D eigenvalue weighted by Gasteiger charge is 2.18. The van der Waals surface area contributed by atoms with E-state index >= 15 is 0 Å². The van der Waals surface area contributed by atoms with Crippen LogP contribution in [0.15, 0.2) is 170 Å². The molecule has 10 rings (SSSR count). The van der Waals surface area contributed by atoms with Crippen LogP contribution in [0.4, 0.5) is 0 Å². The molecule has 0 bridgehead atoms. The lowest BCUT2D eigenvalue weighted by molar-refractivity contribution is 1.07. The second kappa shape index (κ2) is 11.6. The average molecular weight is 667 g/mol. The van der Waals surface area contributed by atoms with Crippen molar-refractivity contribution in [2.45, 2.75) is 0 Å². The quantitative estimate of drug-likeness (QED) is 0.184. The second-order valence-corrected chi connectivity index (χ2v) is 12.8. The molecule has 0 saturated carbocycles. The maximum Gasteiger partial charge on any atom is 0.164 e. The van der Waals surface area contributed by atoms with Crippen LogP contribution in [-0.4, -0.2) is 19.5 Å². The van der Waals surface area contributed by atoms with E-state index in [0.717, 1.165) is 58.8 Å². The number of hydrogen-bond donors (Lipinski definition) is 0. The molecule has 0 amide bonds. The summed E-state index contributed by atoms with van der Waals surface area (Å²) in [6, 6.07) is 31.3. The van der Waals surface area contributed by atoms with Gasteiger partial charge in [-0.05, 0) is 41.5 Å². The van der Waals surface area contributed by atoms with Crippen LogP contribution in [0.1, 0.15) is 13.7 Å². The monoisotopic (exact) mass is 666 g/mol. The van der Waals surface area contributed by atoms with E-state index in [1.807, 2.05) is 42.5 Å². The summed E-state index contributed by atoms with van der Waals surface area (Å²) in [5.74, 6) is -0.594. The van der Waals surface area contributed by atoms with E-state index in [9.17, 15) is 0 Å². The molecule has 3 heterocycles.